The monoisotopic (exact) mass is 271 g/mol. The molecule has 0 atom stereocenters. The molecule has 6 nitrogen and oxygen atoms in total. The van der Waals surface area contributed by atoms with Gasteiger partial charge in [-0.1, -0.05) is 0 Å². The molecule has 0 unspecified atom stereocenters. The number of primary sulfonamides is 1. The van der Waals surface area contributed by atoms with Crippen LogP contribution in [0.4, 0.5) is 5.82 Å². The van der Waals surface area contributed by atoms with E-state index in [1.807, 2.05) is 0 Å². The third kappa shape index (κ3) is 2.98. The second-order valence-corrected chi connectivity index (χ2v) is 6.25. The summed E-state index contributed by atoms with van der Waals surface area (Å²) in [6, 6.07) is 2.96. The molecule has 2 rings (SSSR count). The van der Waals surface area contributed by atoms with Crippen molar-refractivity contribution in [1.82, 2.24) is 4.98 Å². The molecule has 0 aromatic carbocycles. The molecule has 0 radical (unpaired) electrons. The van der Waals surface area contributed by atoms with E-state index >= 15 is 0 Å². The summed E-state index contributed by atoms with van der Waals surface area (Å²) in [7, 11) is -3.77. The van der Waals surface area contributed by atoms with Crippen molar-refractivity contribution < 1.29 is 13.5 Å². The molecule has 100 valence electrons. The number of hydrogen-bond acceptors (Lipinski definition) is 5. The van der Waals surface area contributed by atoms with E-state index in [1.165, 1.54) is 18.3 Å². The molecule has 1 aromatic rings. The number of pyridine rings is 1. The van der Waals surface area contributed by atoms with Crippen LogP contribution in [0.2, 0.25) is 0 Å². The summed E-state index contributed by atoms with van der Waals surface area (Å²) in [6.45, 7) is 0.749. The van der Waals surface area contributed by atoms with Gasteiger partial charge >= 0.3 is 0 Å². The molecule has 1 aliphatic carbocycles. The molecule has 4 N–H and O–H groups in total. The maximum Gasteiger partial charge on any atom is 0.241 e. The Labute approximate surface area is 106 Å². The summed E-state index contributed by atoms with van der Waals surface area (Å²) in [5.74, 6) is 0.282. The number of anilines is 1. The zero-order valence-electron chi connectivity index (χ0n) is 9.96. The lowest BCUT2D eigenvalue weighted by Gasteiger charge is -2.16. The lowest BCUT2D eigenvalue weighted by atomic mass is 10.0. The molecule has 18 heavy (non-hydrogen) atoms. The highest BCUT2D eigenvalue weighted by atomic mass is 32.2. The molecule has 1 aliphatic rings. The van der Waals surface area contributed by atoms with Crippen molar-refractivity contribution in [1.29, 1.82) is 0 Å². The summed E-state index contributed by atoms with van der Waals surface area (Å²) in [4.78, 5) is 4.01. The lowest BCUT2D eigenvalue weighted by Crippen LogP contribution is -2.21. The highest BCUT2D eigenvalue weighted by molar-refractivity contribution is 7.89. The van der Waals surface area contributed by atoms with Crippen LogP contribution in [0.3, 0.4) is 0 Å². The Morgan fingerprint density at radius 2 is 2.22 bits per heavy atom. The van der Waals surface area contributed by atoms with Gasteiger partial charge in [-0.25, -0.2) is 18.5 Å². The van der Waals surface area contributed by atoms with Crippen LogP contribution < -0.4 is 10.5 Å². The van der Waals surface area contributed by atoms with Crippen LogP contribution in [0, 0.1) is 5.41 Å². The van der Waals surface area contributed by atoms with Gasteiger partial charge in [0.15, 0.2) is 0 Å². The summed E-state index contributed by atoms with van der Waals surface area (Å²) in [5.41, 5.74) is 0.0852. The number of nitrogens with two attached hydrogens (primary N) is 1. The SMILES string of the molecule is NS(=O)(=O)c1cccnc1NCC1(CCO)CC1. The Kier molecular flexibility index (Phi) is 3.56. The highest BCUT2D eigenvalue weighted by Gasteiger charge is 2.41. The molecule has 0 spiro atoms. The van der Waals surface area contributed by atoms with Gasteiger partial charge in [0.2, 0.25) is 10.0 Å². The Hall–Kier alpha value is -1.18. The first-order valence-electron chi connectivity index (χ1n) is 5.79. The van der Waals surface area contributed by atoms with E-state index in [1.54, 1.807) is 0 Å². The van der Waals surface area contributed by atoms with Crippen LogP contribution in [0.5, 0.6) is 0 Å². The second kappa shape index (κ2) is 4.83. The van der Waals surface area contributed by atoms with E-state index < -0.39 is 10.0 Å². The number of nitrogens with zero attached hydrogens (tertiary/aromatic N) is 1. The first kappa shape index (κ1) is 13.3. The van der Waals surface area contributed by atoms with Crippen LogP contribution in [-0.4, -0.2) is 31.7 Å². The number of hydrogen-bond donors (Lipinski definition) is 3. The van der Waals surface area contributed by atoms with Gasteiger partial charge < -0.3 is 10.4 Å². The summed E-state index contributed by atoms with van der Waals surface area (Å²) < 4.78 is 22.8. The van der Waals surface area contributed by atoms with E-state index in [2.05, 4.69) is 10.3 Å². The molecular formula is C11H17N3O3S. The molecule has 1 aromatic heterocycles. The Bertz CT molecular complexity index is 526. The standard InChI is InChI=1S/C11H17N3O3S/c12-18(16,17)9-2-1-6-13-10(9)14-8-11(3-4-11)5-7-15/h1-2,6,15H,3-5,7-8H2,(H,13,14)(H2,12,16,17). The number of sulfonamides is 1. The molecule has 1 saturated carbocycles. The number of aliphatic hydroxyl groups excluding tert-OH is 1. The molecule has 0 saturated heterocycles. The van der Waals surface area contributed by atoms with Gasteiger partial charge in [-0.05, 0) is 36.8 Å². The zero-order chi connectivity index (χ0) is 13.2. The van der Waals surface area contributed by atoms with Crippen molar-refractivity contribution in [3.8, 4) is 0 Å². The third-order valence-electron chi connectivity index (χ3n) is 3.31. The number of nitrogens with one attached hydrogen (secondary N) is 1. The average Bonchev–Trinajstić information content (AvgIpc) is 3.07. The number of aromatic nitrogens is 1. The molecular weight excluding hydrogens is 254 g/mol. The summed E-state index contributed by atoms with van der Waals surface area (Å²) >= 11 is 0. The van der Waals surface area contributed by atoms with Crippen LogP contribution >= 0.6 is 0 Å². The minimum Gasteiger partial charge on any atom is -0.396 e. The van der Waals surface area contributed by atoms with E-state index in [4.69, 9.17) is 10.2 Å². The van der Waals surface area contributed by atoms with Crippen molar-refractivity contribution in [3.05, 3.63) is 18.3 Å². The zero-order valence-corrected chi connectivity index (χ0v) is 10.8. The van der Waals surface area contributed by atoms with E-state index in [0.29, 0.717) is 6.54 Å². The van der Waals surface area contributed by atoms with Crippen LogP contribution in [0.15, 0.2) is 23.2 Å². The topological polar surface area (TPSA) is 105 Å². The van der Waals surface area contributed by atoms with Crippen LogP contribution in [0.25, 0.3) is 0 Å². The van der Waals surface area contributed by atoms with Crippen molar-refractivity contribution >= 4 is 15.8 Å². The maximum atomic E-state index is 11.4. The van der Waals surface area contributed by atoms with Crippen molar-refractivity contribution in [2.24, 2.45) is 10.6 Å². The van der Waals surface area contributed by atoms with Gasteiger partial charge in [-0.15, -0.1) is 0 Å². The molecule has 7 heteroatoms. The van der Waals surface area contributed by atoms with Gasteiger partial charge in [0.25, 0.3) is 0 Å². The molecule has 0 aliphatic heterocycles. The fourth-order valence-electron chi connectivity index (χ4n) is 1.95. The number of rotatable bonds is 6. The van der Waals surface area contributed by atoms with Gasteiger partial charge in [-0.2, -0.15) is 0 Å². The van der Waals surface area contributed by atoms with E-state index in [0.717, 1.165) is 19.3 Å². The minimum absolute atomic E-state index is 0.00444. The Balaban J connectivity index is 2.11. The van der Waals surface area contributed by atoms with Crippen LogP contribution in [-0.2, 0) is 10.0 Å². The maximum absolute atomic E-state index is 11.4. The molecule has 0 bridgehead atoms. The molecule has 0 amide bonds. The fourth-order valence-corrected chi connectivity index (χ4v) is 2.62. The van der Waals surface area contributed by atoms with E-state index in [9.17, 15) is 8.42 Å². The molecule has 1 heterocycles. The average molecular weight is 271 g/mol. The second-order valence-electron chi connectivity index (χ2n) is 4.72. The van der Waals surface area contributed by atoms with E-state index in [-0.39, 0.29) is 22.7 Å². The van der Waals surface area contributed by atoms with Gasteiger partial charge in [0.05, 0.1) is 0 Å². The van der Waals surface area contributed by atoms with Crippen molar-refractivity contribution in [3.63, 3.8) is 0 Å². The fraction of sp³-hybridized carbons (Fsp3) is 0.545. The normalized spacial score (nSPS) is 17.4. The number of aliphatic hydroxyl groups is 1. The minimum atomic E-state index is -3.77. The van der Waals surface area contributed by atoms with Gasteiger partial charge in [-0.3, -0.25) is 0 Å². The predicted octanol–water partition coefficient (Wildman–Crippen LogP) is 0.303. The van der Waals surface area contributed by atoms with Gasteiger partial charge in [0, 0.05) is 19.3 Å². The Morgan fingerprint density at radius 1 is 1.50 bits per heavy atom. The quantitative estimate of drug-likeness (QED) is 0.690. The van der Waals surface area contributed by atoms with Crippen LogP contribution in [0.1, 0.15) is 19.3 Å². The third-order valence-corrected chi connectivity index (χ3v) is 4.25. The summed E-state index contributed by atoms with van der Waals surface area (Å²) in [6.07, 6.45) is 4.32. The predicted molar refractivity (Wildman–Crippen MR) is 67.5 cm³/mol. The first-order valence-corrected chi connectivity index (χ1v) is 7.34. The highest BCUT2D eigenvalue weighted by Crippen LogP contribution is 2.48. The largest absolute Gasteiger partial charge is 0.396 e. The van der Waals surface area contributed by atoms with Crippen molar-refractivity contribution in [2.45, 2.75) is 24.2 Å². The van der Waals surface area contributed by atoms with Gasteiger partial charge in [0.1, 0.15) is 10.7 Å². The smallest absolute Gasteiger partial charge is 0.241 e. The Morgan fingerprint density at radius 3 is 2.78 bits per heavy atom. The first-order chi connectivity index (χ1) is 8.47. The van der Waals surface area contributed by atoms with Crippen molar-refractivity contribution in [2.75, 3.05) is 18.5 Å². The summed E-state index contributed by atoms with van der Waals surface area (Å²) in [5, 5.41) is 17.1. The molecule has 1 fully saturated rings. The lowest BCUT2D eigenvalue weighted by molar-refractivity contribution is 0.253.